The van der Waals surface area contributed by atoms with Crippen molar-refractivity contribution in [2.24, 2.45) is 0 Å². The maximum Gasteiger partial charge on any atom is 0.163 e. The van der Waals surface area contributed by atoms with Crippen molar-refractivity contribution in [3.8, 4) is 11.5 Å². The normalized spacial score (nSPS) is 11.0. The minimum atomic E-state index is 0.179. The van der Waals surface area contributed by atoms with Crippen LogP contribution in [0.25, 0.3) is 11.0 Å². The Labute approximate surface area is 119 Å². The van der Waals surface area contributed by atoms with E-state index in [-0.39, 0.29) is 6.61 Å². The van der Waals surface area contributed by atoms with Crippen LogP contribution in [0.2, 0.25) is 0 Å². The van der Waals surface area contributed by atoms with Crippen molar-refractivity contribution in [3.05, 3.63) is 18.0 Å². The Morgan fingerprint density at radius 1 is 1.20 bits per heavy atom. The lowest BCUT2D eigenvalue weighted by Gasteiger charge is -2.10. The molecule has 0 aliphatic rings. The van der Waals surface area contributed by atoms with Crippen molar-refractivity contribution in [2.45, 2.75) is 32.7 Å². The summed E-state index contributed by atoms with van der Waals surface area (Å²) in [5.74, 6) is 2.44. The van der Waals surface area contributed by atoms with Crippen LogP contribution in [0.5, 0.6) is 11.5 Å². The van der Waals surface area contributed by atoms with Crippen LogP contribution in [-0.4, -0.2) is 35.5 Å². The zero-order chi connectivity index (χ0) is 14.5. The van der Waals surface area contributed by atoms with Gasteiger partial charge in [-0.1, -0.05) is 6.92 Å². The van der Waals surface area contributed by atoms with Crippen LogP contribution in [0.1, 0.15) is 25.6 Å². The van der Waals surface area contributed by atoms with Gasteiger partial charge in [-0.25, -0.2) is 4.98 Å². The van der Waals surface area contributed by atoms with Gasteiger partial charge in [0.15, 0.2) is 11.5 Å². The molecule has 0 bridgehead atoms. The summed E-state index contributed by atoms with van der Waals surface area (Å²) < 4.78 is 12.8. The van der Waals surface area contributed by atoms with E-state index in [1.54, 1.807) is 14.2 Å². The van der Waals surface area contributed by atoms with E-state index in [1.807, 2.05) is 12.1 Å². The van der Waals surface area contributed by atoms with Crippen LogP contribution in [0, 0.1) is 0 Å². The number of rotatable bonds is 7. The third-order valence-electron chi connectivity index (χ3n) is 3.35. The first-order valence-corrected chi connectivity index (χ1v) is 6.97. The van der Waals surface area contributed by atoms with E-state index in [0.717, 1.165) is 42.7 Å². The Morgan fingerprint density at radius 3 is 2.50 bits per heavy atom. The van der Waals surface area contributed by atoms with Gasteiger partial charge in [-0.05, 0) is 12.8 Å². The molecule has 2 aromatic rings. The van der Waals surface area contributed by atoms with E-state index in [9.17, 15) is 0 Å². The Hall–Kier alpha value is -1.75. The third kappa shape index (κ3) is 2.72. The average Bonchev–Trinajstić information content (AvgIpc) is 2.80. The summed E-state index contributed by atoms with van der Waals surface area (Å²) >= 11 is 0. The maximum atomic E-state index is 9.06. The first-order valence-electron chi connectivity index (χ1n) is 6.97. The van der Waals surface area contributed by atoms with Crippen LogP contribution >= 0.6 is 0 Å². The number of hydrogen-bond donors (Lipinski definition) is 1. The number of fused-ring (bicyclic) bond motifs is 1. The molecule has 0 unspecified atom stereocenters. The number of benzene rings is 1. The van der Waals surface area contributed by atoms with Gasteiger partial charge in [0.1, 0.15) is 5.82 Å². The summed E-state index contributed by atoms with van der Waals surface area (Å²) in [5, 5.41) is 9.06. The molecule has 0 fully saturated rings. The van der Waals surface area contributed by atoms with Crippen LogP contribution in [-0.2, 0) is 13.0 Å². The van der Waals surface area contributed by atoms with Gasteiger partial charge in [0.2, 0.25) is 0 Å². The average molecular weight is 278 g/mol. The molecule has 110 valence electrons. The molecule has 1 aromatic heterocycles. The highest BCUT2D eigenvalue weighted by molar-refractivity contribution is 5.80. The van der Waals surface area contributed by atoms with E-state index >= 15 is 0 Å². The van der Waals surface area contributed by atoms with Gasteiger partial charge >= 0.3 is 0 Å². The smallest absolute Gasteiger partial charge is 0.163 e. The number of ether oxygens (including phenoxy) is 2. The van der Waals surface area contributed by atoms with Gasteiger partial charge in [0.25, 0.3) is 0 Å². The summed E-state index contributed by atoms with van der Waals surface area (Å²) in [6.45, 7) is 3.08. The van der Waals surface area contributed by atoms with E-state index in [1.165, 1.54) is 0 Å². The molecule has 0 spiro atoms. The maximum absolute atomic E-state index is 9.06. The second-order valence-corrected chi connectivity index (χ2v) is 4.70. The van der Waals surface area contributed by atoms with Gasteiger partial charge in [0.05, 0.1) is 25.3 Å². The molecule has 5 heteroatoms. The molecule has 0 saturated heterocycles. The molecule has 5 nitrogen and oxygen atoms in total. The quantitative estimate of drug-likeness (QED) is 0.845. The third-order valence-corrected chi connectivity index (χ3v) is 3.35. The van der Waals surface area contributed by atoms with Crippen molar-refractivity contribution < 1.29 is 14.6 Å². The van der Waals surface area contributed by atoms with Gasteiger partial charge in [-0.15, -0.1) is 0 Å². The van der Waals surface area contributed by atoms with E-state index < -0.39 is 0 Å². The summed E-state index contributed by atoms with van der Waals surface area (Å²) in [6, 6.07) is 3.86. The van der Waals surface area contributed by atoms with Crippen molar-refractivity contribution in [1.29, 1.82) is 0 Å². The van der Waals surface area contributed by atoms with Gasteiger partial charge in [-0.2, -0.15) is 0 Å². The number of imidazole rings is 1. The van der Waals surface area contributed by atoms with Crippen molar-refractivity contribution in [1.82, 2.24) is 9.55 Å². The Balaban J connectivity index is 2.55. The summed E-state index contributed by atoms with van der Waals surface area (Å²) in [5.41, 5.74) is 1.93. The van der Waals surface area contributed by atoms with E-state index in [2.05, 4.69) is 16.5 Å². The second-order valence-electron chi connectivity index (χ2n) is 4.70. The highest BCUT2D eigenvalue weighted by Gasteiger charge is 2.14. The predicted octanol–water partition coefficient (Wildman–Crippen LogP) is 2.39. The number of methoxy groups -OCH3 is 2. The zero-order valence-electron chi connectivity index (χ0n) is 12.3. The standard InChI is InChI=1S/C15H22N2O3/c1-4-6-15-16-11-9-13(19-2)14(20-3)10-12(11)17(15)7-5-8-18/h9-10,18H,4-8H2,1-3H3. The molecule has 1 heterocycles. The van der Waals surface area contributed by atoms with Gasteiger partial charge in [-0.3, -0.25) is 0 Å². The fraction of sp³-hybridized carbons (Fsp3) is 0.533. The second kappa shape index (κ2) is 6.61. The summed E-state index contributed by atoms with van der Waals surface area (Å²) in [7, 11) is 3.25. The number of nitrogens with zero attached hydrogens (tertiary/aromatic N) is 2. The zero-order valence-corrected chi connectivity index (χ0v) is 12.3. The molecule has 0 aliphatic heterocycles. The molecule has 1 aromatic carbocycles. The molecule has 20 heavy (non-hydrogen) atoms. The molecule has 0 saturated carbocycles. The monoisotopic (exact) mass is 278 g/mol. The number of aromatic nitrogens is 2. The lowest BCUT2D eigenvalue weighted by Crippen LogP contribution is -2.05. The minimum Gasteiger partial charge on any atom is -0.493 e. The predicted molar refractivity (Wildman–Crippen MR) is 78.5 cm³/mol. The van der Waals surface area contributed by atoms with Crippen molar-refractivity contribution in [3.63, 3.8) is 0 Å². The molecular weight excluding hydrogens is 256 g/mol. The molecule has 0 radical (unpaired) electrons. The van der Waals surface area contributed by atoms with Crippen molar-refractivity contribution in [2.75, 3.05) is 20.8 Å². The number of hydrogen-bond acceptors (Lipinski definition) is 4. The van der Waals surface area contributed by atoms with E-state index in [4.69, 9.17) is 14.6 Å². The lowest BCUT2D eigenvalue weighted by atomic mass is 10.2. The molecule has 2 rings (SSSR count). The lowest BCUT2D eigenvalue weighted by molar-refractivity contribution is 0.280. The highest BCUT2D eigenvalue weighted by Crippen LogP contribution is 2.32. The highest BCUT2D eigenvalue weighted by atomic mass is 16.5. The van der Waals surface area contributed by atoms with E-state index in [0.29, 0.717) is 11.5 Å². The van der Waals surface area contributed by atoms with Crippen molar-refractivity contribution >= 4 is 11.0 Å². The first-order chi connectivity index (χ1) is 9.74. The molecule has 0 amide bonds. The minimum absolute atomic E-state index is 0.179. The summed E-state index contributed by atoms with van der Waals surface area (Å²) in [4.78, 5) is 4.69. The van der Waals surface area contributed by atoms with Crippen LogP contribution in [0.4, 0.5) is 0 Å². The first kappa shape index (κ1) is 14.7. The van der Waals surface area contributed by atoms with Crippen LogP contribution in [0.3, 0.4) is 0 Å². The molecule has 0 aliphatic carbocycles. The molecule has 1 N–H and O–H groups in total. The fourth-order valence-corrected chi connectivity index (χ4v) is 2.39. The topological polar surface area (TPSA) is 56.5 Å². The van der Waals surface area contributed by atoms with Gasteiger partial charge < -0.3 is 19.1 Å². The SMILES string of the molecule is CCCc1nc2cc(OC)c(OC)cc2n1CCCO. The fourth-order valence-electron chi connectivity index (χ4n) is 2.39. The Kier molecular flexibility index (Phi) is 4.84. The van der Waals surface area contributed by atoms with Crippen LogP contribution < -0.4 is 9.47 Å². The van der Waals surface area contributed by atoms with Crippen LogP contribution in [0.15, 0.2) is 12.1 Å². The number of aliphatic hydroxyl groups is 1. The van der Waals surface area contributed by atoms with Gasteiger partial charge in [0, 0.05) is 31.7 Å². The number of aliphatic hydroxyl groups excluding tert-OH is 1. The molecular formula is C15H22N2O3. The Morgan fingerprint density at radius 2 is 1.90 bits per heavy atom. The number of aryl methyl sites for hydroxylation is 2. The molecule has 0 atom stereocenters. The Bertz CT molecular complexity index is 578. The summed E-state index contributed by atoms with van der Waals surface area (Å²) in [6.07, 6.45) is 2.68. The largest absolute Gasteiger partial charge is 0.493 e.